The minimum Gasteiger partial charge on any atom is -0.478 e. The molecule has 0 unspecified atom stereocenters. The van der Waals surface area contributed by atoms with E-state index < -0.39 is 17.6 Å². The summed E-state index contributed by atoms with van der Waals surface area (Å²) >= 11 is 0. The first-order valence-corrected chi connectivity index (χ1v) is 5.51. The van der Waals surface area contributed by atoms with Crippen LogP contribution in [0.15, 0.2) is 36.4 Å². The molecule has 20 heavy (non-hydrogen) atoms. The summed E-state index contributed by atoms with van der Waals surface area (Å²) in [5, 5.41) is 20.3. The summed E-state index contributed by atoms with van der Waals surface area (Å²) in [4.78, 5) is 11.0. The molecule has 0 radical (unpaired) electrons. The first-order valence-electron chi connectivity index (χ1n) is 5.51. The molecule has 2 rings (SSSR count). The molecule has 6 heteroatoms. The molecule has 0 amide bonds. The van der Waals surface area contributed by atoms with Gasteiger partial charge in [0.15, 0.2) is 0 Å². The predicted molar refractivity (Wildman–Crippen MR) is 67.8 cm³/mol. The van der Waals surface area contributed by atoms with Crippen LogP contribution in [0.25, 0.3) is 0 Å². The number of carboxylic acids is 1. The minimum absolute atomic E-state index is 0.218. The van der Waals surface area contributed by atoms with Gasteiger partial charge < -0.3 is 10.4 Å². The molecule has 0 spiro atoms. The fourth-order valence-electron chi connectivity index (χ4n) is 1.66. The largest absolute Gasteiger partial charge is 0.478 e. The van der Waals surface area contributed by atoms with Crippen molar-refractivity contribution >= 4 is 17.3 Å². The van der Waals surface area contributed by atoms with Gasteiger partial charge in [0.05, 0.1) is 16.8 Å². The predicted octanol–water partition coefficient (Wildman–Crippen LogP) is 3.28. The summed E-state index contributed by atoms with van der Waals surface area (Å²) in [6.07, 6.45) is 0. The molecule has 0 saturated carbocycles. The van der Waals surface area contributed by atoms with E-state index in [2.05, 4.69) is 5.32 Å². The molecule has 0 bridgehead atoms. The Kier molecular flexibility index (Phi) is 3.62. The van der Waals surface area contributed by atoms with Crippen molar-refractivity contribution < 1.29 is 18.7 Å². The number of nitrogens with one attached hydrogen (secondary N) is 1. The van der Waals surface area contributed by atoms with Crippen molar-refractivity contribution in [2.75, 3.05) is 5.32 Å². The van der Waals surface area contributed by atoms with Crippen molar-refractivity contribution in [3.05, 3.63) is 59.2 Å². The standard InChI is InChI=1S/C14H8F2N2O2/c15-11-5-4-9(6-8(11)7-17)18-13-10(14(19)20)2-1-3-12(13)16/h1-6,18H,(H,19,20). The summed E-state index contributed by atoms with van der Waals surface area (Å²) < 4.78 is 26.9. The fraction of sp³-hybridized carbons (Fsp3) is 0. The molecule has 0 aromatic heterocycles. The van der Waals surface area contributed by atoms with E-state index in [9.17, 15) is 13.6 Å². The molecular formula is C14H8F2N2O2. The van der Waals surface area contributed by atoms with E-state index in [1.165, 1.54) is 24.3 Å². The Morgan fingerprint density at radius 1 is 1.20 bits per heavy atom. The number of carbonyl (C=O) groups is 1. The highest BCUT2D eigenvalue weighted by Gasteiger charge is 2.14. The number of anilines is 2. The Balaban J connectivity index is 2.45. The van der Waals surface area contributed by atoms with Crippen LogP contribution >= 0.6 is 0 Å². The molecule has 0 heterocycles. The zero-order valence-electron chi connectivity index (χ0n) is 10.0. The van der Waals surface area contributed by atoms with Gasteiger partial charge in [0.25, 0.3) is 0 Å². The van der Waals surface area contributed by atoms with E-state index in [0.717, 1.165) is 12.1 Å². The van der Waals surface area contributed by atoms with Crippen molar-refractivity contribution in [1.29, 1.82) is 5.26 Å². The molecule has 0 aliphatic heterocycles. The Bertz CT molecular complexity index is 724. The molecular weight excluding hydrogens is 266 g/mol. The monoisotopic (exact) mass is 274 g/mol. The molecule has 2 aromatic carbocycles. The number of halogens is 2. The maximum atomic E-state index is 13.7. The van der Waals surface area contributed by atoms with Crippen LogP contribution in [0.2, 0.25) is 0 Å². The third-order valence-corrected chi connectivity index (χ3v) is 2.60. The van der Waals surface area contributed by atoms with Gasteiger partial charge in [-0.05, 0) is 30.3 Å². The third kappa shape index (κ3) is 2.57. The van der Waals surface area contributed by atoms with E-state index in [1.54, 1.807) is 6.07 Å². The number of hydrogen-bond acceptors (Lipinski definition) is 3. The van der Waals surface area contributed by atoms with Crippen LogP contribution in [0.1, 0.15) is 15.9 Å². The van der Waals surface area contributed by atoms with E-state index in [0.29, 0.717) is 0 Å². The molecule has 0 aliphatic rings. The Labute approximate surface area is 112 Å². The maximum Gasteiger partial charge on any atom is 0.337 e. The Hall–Kier alpha value is -2.94. The number of para-hydroxylation sites is 1. The lowest BCUT2D eigenvalue weighted by Crippen LogP contribution is -2.05. The van der Waals surface area contributed by atoms with Crippen LogP contribution in [-0.2, 0) is 0 Å². The molecule has 4 nitrogen and oxygen atoms in total. The summed E-state index contributed by atoms with van der Waals surface area (Å²) in [5.41, 5.74) is -0.498. The number of rotatable bonds is 3. The highest BCUT2D eigenvalue weighted by molar-refractivity contribution is 5.95. The third-order valence-electron chi connectivity index (χ3n) is 2.60. The first kappa shape index (κ1) is 13.5. The van der Waals surface area contributed by atoms with Crippen molar-refractivity contribution in [1.82, 2.24) is 0 Å². The number of hydrogen-bond donors (Lipinski definition) is 2. The average molecular weight is 274 g/mol. The summed E-state index contributed by atoms with van der Waals surface area (Å²) in [6.45, 7) is 0. The van der Waals surface area contributed by atoms with Gasteiger partial charge in [-0.25, -0.2) is 13.6 Å². The number of benzene rings is 2. The van der Waals surface area contributed by atoms with Gasteiger partial charge in [0.2, 0.25) is 0 Å². The maximum absolute atomic E-state index is 13.7. The van der Waals surface area contributed by atoms with Crippen molar-refractivity contribution in [2.24, 2.45) is 0 Å². The van der Waals surface area contributed by atoms with Crippen LogP contribution in [0.3, 0.4) is 0 Å². The first-order chi connectivity index (χ1) is 9.52. The zero-order chi connectivity index (χ0) is 14.7. The second kappa shape index (κ2) is 5.36. The van der Waals surface area contributed by atoms with Gasteiger partial charge in [-0.2, -0.15) is 5.26 Å². The molecule has 0 saturated heterocycles. The number of nitrogens with zero attached hydrogens (tertiary/aromatic N) is 1. The number of aromatic carboxylic acids is 1. The summed E-state index contributed by atoms with van der Waals surface area (Å²) in [6, 6.07) is 8.76. The molecule has 2 N–H and O–H groups in total. The van der Waals surface area contributed by atoms with Crippen molar-refractivity contribution in [3.63, 3.8) is 0 Å². The van der Waals surface area contributed by atoms with Crippen molar-refractivity contribution in [3.8, 4) is 6.07 Å². The number of carboxylic acid groups (broad SMARTS) is 1. The highest BCUT2D eigenvalue weighted by atomic mass is 19.1. The lowest BCUT2D eigenvalue weighted by Gasteiger charge is -2.11. The van der Waals surface area contributed by atoms with Gasteiger partial charge in [-0.1, -0.05) is 6.07 Å². The lowest BCUT2D eigenvalue weighted by atomic mass is 10.1. The highest BCUT2D eigenvalue weighted by Crippen LogP contribution is 2.25. The van der Waals surface area contributed by atoms with Crippen LogP contribution in [-0.4, -0.2) is 11.1 Å². The zero-order valence-corrected chi connectivity index (χ0v) is 10.0. The quantitative estimate of drug-likeness (QED) is 0.900. The normalized spacial score (nSPS) is 9.85. The van der Waals surface area contributed by atoms with Gasteiger partial charge in [-0.3, -0.25) is 0 Å². The lowest BCUT2D eigenvalue weighted by molar-refractivity contribution is 0.0697. The number of nitriles is 1. The molecule has 0 atom stereocenters. The molecule has 100 valence electrons. The van der Waals surface area contributed by atoms with Crippen LogP contribution in [0, 0.1) is 23.0 Å². The molecule has 0 fully saturated rings. The van der Waals surface area contributed by atoms with Gasteiger partial charge in [0.1, 0.15) is 17.7 Å². The summed E-state index contributed by atoms with van der Waals surface area (Å²) in [5.74, 6) is -2.76. The van der Waals surface area contributed by atoms with Crippen LogP contribution in [0.4, 0.5) is 20.2 Å². The second-order valence-corrected chi connectivity index (χ2v) is 3.90. The second-order valence-electron chi connectivity index (χ2n) is 3.90. The van der Waals surface area contributed by atoms with Crippen molar-refractivity contribution in [2.45, 2.75) is 0 Å². The fourth-order valence-corrected chi connectivity index (χ4v) is 1.66. The molecule has 0 aliphatic carbocycles. The smallest absolute Gasteiger partial charge is 0.337 e. The summed E-state index contributed by atoms with van der Waals surface area (Å²) in [7, 11) is 0. The topological polar surface area (TPSA) is 73.1 Å². The van der Waals surface area contributed by atoms with Gasteiger partial charge in [0, 0.05) is 5.69 Å². The van der Waals surface area contributed by atoms with E-state index in [-0.39, 0.29) is 22.5 Å². The molecule has 2 aromatic rings. The van der Waals surface area contributed by atoms with Gasteiger partial charge >= 0.3 is 5.97 Å². The SMILES string of the molecule is N#Cc1cc(Nc2c(F)cccc2C(=O)O)ccc1F. The van der Waals surface area contributed by atoms with E-state index in [1.807, 2.05) is 0 Å². The van der Waals surface area contributed by atoms with Gasteiger partial charge in [-0.15, -0.1) is 0 Å². The van der Waals surface area contributed by atoms with Crippen LogP contribution < -0.4 is 5.32 Å². The average Bonchev–Trinajstić information content (AvgIpc) is 2.42. The van der Waals surface area contributed by atoms with E-state index >= 15 is 0 Å². The minimum atomic E-state index is -1.30. The van der Waals surface area contributed by atoms with E-state index in [4.69, 9.17) is 10.4 Å². The Morgan fingerprint density at radius 2 is 1.95 bits per heavy atom. The Morgan fingerprint density at radius 3 is 2.60 bits per heavy atom. The van der Waals surface area contributed by atoms with Crippen LogP contribution in [0.5, 0.6) is 0 Å².